The molecule has 31 heavy (non-hydrogen) atoms. The molecule has 3 aromatic rings. The highest BCUT2D eigenvalue weighted by atomic mass is 16.4. The fourth-order valence-electron chi connectivity index (χ4n) is 4.10. The molecule has 0 radical (unpaired) electrons. The lowest BCUT2D eigenvalue weighted by atomic mass is 9.99. The van der Waals surface area contributed by atoms with Gasteiger partial charge in [0.15, 0.2) is 0 Å². The molecule has 2 aromatic carbocycles. The van der Waals surface area contributed by atoms with Gasteiger partial charge >= 0.3 is 0 Å². The molecule has 0 bridgehead atoms. The highest BCUT2D eigenvalue weighted by Crippen LogP contribution is 2.24. The first-order valence-electron chi connectivity index (χ1n) is 11.0. The molecule has 0 saturated carbocycles. The van der Waals surface area contributed by atoms with Gasteiger partial charge < -0.3 is 14.2 Å². The van der Waals surface area contributed by atoms with Gasteiger partial charge in [-0.3, -0.25) is 4.79 Å². The van der Waals surface area contributed by atoms with Crippen LogP contribution in [-0.2, 0) is 11.2 Å². The van der Waals surface area contributed by atoms with Gasteiger partial charge in [0.1, 0.15) is 0 Å². The molecule has 1 aliphatic heterocycles. The lowest BCUT2D eigenvalue weighted by Crippen LogP contribution is -2.56. The fourth-order valence-corrected chi connectivity index (χ4v) is 4.10. The first-order chi connectivity index (χ1) is 15.0. The Kier molecular flexibility index (Phi) is 6.47. The Morgan fingerprint density at radius 2 is 1.68 bits per heavy atom. The minimum absolute atomic E-state index is 0.166. The molecule has 1 amide bonds. The number of carbonyl (C=O) groups excluding carboxylic acids is 1. The van der Waals surface area contributed by atoms with Crippen molar-refractivity contribution >= 4 is 5.91 Å². The summed E-state index contributed by atoms with van der Waals surface area (Å²) in [6.45, 7) is 6.97. The van der Waals surface area contributed by atoms with Crippen molar-refractivity contribution in [2.24, 2.45) is 5.92 Å². The molecular formula is C25H30N4O2. The van der Waals surface area contributed by atoms with Crippen LogP contribution in [0.2, 0.25) is 0 Å². The van der Waals surface area contributed by atoms with Gasteiger partial charge in [0.25, 0.3) is 0 Å². The Balaban J connectivity index is 1.37. The maximum absolute atomic E-state index is 12.9. The number of hydrogen-bond acceptors (Lipinski definition) is 5. The molecule has 6 nitrogen and oxygen atoms in total. The number of amides is 1. The molecule has 1 aromatic heterocycles. The van der Waals surface area contributed by atoms with Gasteiger partial charge in [0, 0.05) is 44.1 Å². The van der Waals surface area contributed by atoms with Gasteiger partial charge in [0.2, 0.25) is 17.7 Å². The largest absolute Gasteiger partial charge is 0.421 e. The summed E-state index contributed by atoms with van der Waals surface area (Å²) in [5, 5.41) is 8.34. The summed E-state index contributed by atoms with van der Waals surface area (Å²) in [5.41, 5.74) is 3.19. The Morgan fingerprint density at radius 3 is 2.39 bits per heavy atom. The number of piperazine rings is 1. The zero-order chi connectivity index (χ0) is 21.8. The number of carbonyl (C=O) groups is 1. The van der Waals surface area contributed by atoms with Gasteiger partial charge in [-0.25, -0.2) is 0 Å². The van der Waals surface area contributed by atoms with E-state index < -0.39 is 0 Å². The van der Waals surface area contributed by atoms with Crippen LogP contribution < -0.4 is 0 Å². The summed E-state index contributed by atoms with van der Waals surface area (Å²) >= 11 is 0. The van der Waals surface area contributed by atoms with Gasteiger partial charge in [-0.2, -0.15) is 0 Å². The topological polar surface area (TPSA) is 62.5 Å². The van der Waals surface area contributed by atoms with Crippen molar-refractivity contribution in [3.63, 3.8) is 0 Å². The maximum Gasteiger partial charge on any atom is 0.247 e. The normalized spacial score (nSPS) is 17.3. The SMILES string of the molecule is CC(C)[C@H]1CN(C)CCN1C(=O)CCc1nnc(-c2ccc(-c3ccccc3)cc2)o1. The number of aryl methyl sites for hydroxylation is 1. The standard InChI is InChI=1S/C25H30N4O2/c1-18(2)22-17-28(3)15-16-29(22)24(30)14-13-23-26-27-25(31-23)21-11-9-20(10-12-21)19-7-5-4-6-8-19/h4-12,18,22H,13-17H2,1-3H3/t22-/m1/s1. The van der Waals surface area contributed by atoms with E-state index in [1.54, 1.807) is 0 Å². The first-order valence-corrected chi connectivity index (χ1v) is 11.0. The van der Waals surface area contributed by atoms with E-state index in [1.165, 1.54) is 5.56 Å². The molecule has 4 rings (SSSR count). The molecule has 6 heteroatoms. The third kappa shape index (κ3) is 5.02. The van der Waals surface area contributed by atoms with E-state index in [4.69, 9.17) is 4.42 Å². The Morgan fingerprint density at radius 1 is 1.00 bits per heavy atom. The van der Waals surface area contributed by atoms with Gasteiger partial charge in [-0.1, -0.05) is 56.3 Å². The van der Waals surface area contributed by atoms with Gasteiger partial charge in [-0.15, -0.1) is 10.2 Å². The molecule has 0 aliphatic carbocycles. The molecule has 162 valence electrons. The zero-order valence-corrected chi connectivity index (χ0v) is 18.5. The average molecular weight is 419 g/mol. The number of likely N-dealkylation sites (N-methyl/N-ethyl adjacent to an activating group) is 1. The predicted molar refractivity (Wildman–Crippen MR) is 121 cm³/mol. The molecule has 2 heterocycles. The van der Waals surface area contributed by atoms with Crippen molar-refractivity contribution in [1.29, 1.82) is 0 Å². The summed E-state index contributed by atoms with van der Waals surface area (Å²) in [4.78, 5) is 17.2. The van der Waals surface area contributed by atoms with Crippen LogP contribution in [0.15, 0.2) is 59.0 Å². The predicted octanol–water partition coefficient (Wildman–Crippen LogP) is 4.13. The number of rotatable bonds is 6. The van der Waals surface area contributed by atoms with Crippen molar-refractivity contribution in [2.75, 3.05) is 26.7 Å². The van der Waals surface area contributed by atoms with Crippen LogP contribution in [0.25, 0.3) is 22.6 Å². The van der Waals surface area contributed by atoms with Crippen LogP contribution in [0.4, 0.5) is 0 Å². The lowest BCUT2D eigenvalue weighted by molar-refractivity contribution is -0.137. The van der Waals surface area contributed by atoms with Crippen LogP contribution in [0.3, 0.4) is 0 Å². The quantitative estimate of drug-likeness (QED) is 0.602. The Labute approximate surface area is 183 Å². The lowest BCUT2D eigenvalue weighted by Gasteiger charge is -2.42. The van der Waals surface area contributed by atoms with Crippen LogP contribution in [0.1, 0.15) is 26.2 Å². The molecule has 1 atom stereocenters. The van der Waals surface area contributed by atoms with Crippen LogP contribution in [0, 0.1) is 5.92 Å². The molecule has 1 fully saturated rings. The smallest absolute Gasteiger partial charge is 0.247 e. The fraction of sp³-hybridized carbons (Fsp3) is 0.400. The van der Waals surface area contributed by atoms with Gasteiger partial charge in [0.05, 0.1) is 0 Å². The second-order valence-electron chi connectivity index (χ2n) is 8.61. The van der Waals surface area contributed by atoms with Crippen molar-refractivity contribution in [1.82, 2.24) is 20.0 Å². The Bertz CT molecular complexity index is 998. The van der Waals surface area contributed by atoms with E-state index >= 15 is 0 Å². The molecule has 1 aliphatic rings. The van der Waals surface area contributed by atoms with E-state index in [-0.39, 0.29) is 11.9 Å². The molecule has 0 N–H and O–H groups in total. The van der Waals surface area contributed by atoms with E-state index in [0.717, 1.165) is 30.8 Å². The van der Waals surface area contributed by atoms with E-state index in [1.807, 2.05) is 35.2 Å². The summed E-state index contributed by atoms with van der Waals surface area (Å²) in [7, 11) is 2.11. The van der Waals surface area contributed by atoms with Crippen molar-refractivity contribution in [3.05, 3.63) is 60.5 Å². The average Bonchev–Trinajstić information content (AvgIpc) is 3.27. The molecule has 0 unspecified atom stereocenters. The van der Waals surface area contributed by atoms with E-state index in [9.17, 15) is 4.79 Å². The summed E-state index contributed by atoms with van der Waals surface area (Å²) < 4.78 is 5.84. The monoisotopic (exact) mass is 418 g/mol. The highest BCUT2D eigenvalue weighted by molar-refractivity contribution is 5.77. The van der Waals surface area contributed by atoms with Gasteiger partial charge in [-0.05, 0) is 36.2 Å². The molecule has 0 spiro atoms. The highest BCUT2D eigenvalue weighted by Gasteiger charge is 2.30. The zero-order valence-electron chi connectivity index (χ0n) is 18.5. The number of aromatic nitrogens is 2. The number of nitrogens with zero attached hydrogens (tertiary/aromatic N) is 4. The third-order valence-electron chi connectivity index (χ3n) is 5.97. The molecular weight excluding hydrogens is 388 g/mol. The van der Waals surface area contributed by atoms with Crippen molar-refractivity contribution in [2.45, 2.75) is 32.7 Å². The Hall–Kier alpha value is -2.99. The summed E-state index contributed by atoms with van der Waals surface area (Å²) in [5.74, 6) is 1.59. The van der Waals surface area contributed by atoms with Crippen molar-refractivity contribution < 1.29 is 9.21 Å². The third-order valence-corrected chi connectivity index (χ3v) is 5.97. The second kappa shape index (κ2) is 9.43. The van der Waals surface area contributed by atoms with Crippen LogP contribution in [-0.4, -0.2) is 58.6 Å². The molecule has 1 saturated heterocycles. The van der Waals surface area contributed by atoms with Crippen LogP contribution in [0.5, 0.6) is 0 Å². The maximum atomic E-state index is 12.9. The second-order valence-corrected chi connectivity index (χ2v) is 8.61. The van der Waals surface area contributed by atoms with Crippen LogP contribution >= 0.6 is 0 Å². The first kappa shape index (κ1) is 21.2. The van der Waals surface area contributed by atoms with Crippen molar-refractivity contribution in [3.8, 4) is 22.6 Å². The number of hydrogen-bond donors (Lipinski definition) is 0. The minimum Gasteiger partial charge on any atom is -0.421 e. The summed E-state index contributed by atoms with van der Waals surface area (Å²) in [6.07, 6.45) is 0.854. The minimum atomic E-state index is 0.166. The summed E-state index contributed by atoms with van der Waals surface area (Å²) in [6, 6.07) is 18.6. The van der Waals surface area contributed by atoms with E-state index in [2.05, 4.69) is 60.3 Å². The van der Waals surface area contributed by atoms with E-state index in [0.29, 0.717) is 30.5 Å². The number of benzene rings is 2.